The molecular weight excluding hydrogens is 627 g/mol. The maximum absolute atomic E-state index is 11.7. The summed E-state index contributed by atoms with van der Waals surface area (Å²) < 4.78 is 0. The number of aliphatic hydroxyl groups excluding tert-OH is 4. The quantitative estimate of drug-likeness (QED) is 0.0975. The molecule has 1 radical (unpaired) electrons. The second kappa shape index (κ2) is 18.1. The van der Waals surface area contributed by atoms with Crippen LogP contribution in [0, 0.1) is 35.6 Å². The molecule has 0 amide bonds. The molecule has 0 aliphatic carbocycles. The van der Waals surface area contributed by atoms with Crippen LogP contribution in [0.1, 0.15) is 0 Å². The molecule has 211 valence electrons. The van der Waals surface area contributed by atoms with Gasteiger partial charge in [0.25, 0.3) is 0 Å². The molecular formula is C20H36LaN4O12. The first-order chi connectivity index (χ1) is 17.0. The van der Waals surface area contributed by atoms with Crippen LogP contribution in [0.4, 0.5) is 0 Å². The first kappa shape index (κ1) is 35.8. The molecule has 0 aromatic rings. The molecule has 16 nitrogen and oxygen atoms in total. The Balaban J connectivity index is 0.0000130. The Morgan fingerprint density at radius 3 is 0.649 bits per heavy atom. The largest absolute Gasteiger partial charge is 0.480 e. The van der Waals surface area contributed by atoms with E-state index in [0.717, 1.165) is 0 Å². The van der Waals surface area contributed by atoms with Crippen LogP contribution < -0.4 is 0 Å². The van der Waals surface area contributed by atoms with Crippen molar-refractivity contribution < 1.29 is 95.6 Å². The summed E-state index contributed by atoms with van der Waals surface area (Å²) in [7, 11) is 0. The van der Waals surface area contributed by atoms with Gasteiger partial charge in [-0.2, -0.15) is 0 Å². The number of aliphatic carboxylic acids is 4. The average Bonchev–Trinajstić information content (AvgIpc) is 2.79. The first-order valence-electron chi connectivity index (χ1n) is 11.3. The Hall–Kier alpha value is -1.25. The van der Waals surface area contributed by atoms with Gasteiger partial charge in [-0.05, 0) is 0 Å². The summed E-state index contributed by atoms with van der Waals surface area (Å²) in [5, 5.41) is 76.6. The fourth-order valence-electron chi connectivity index (χ4n) is 4.12. The molecule has 0 saturated carbocycles. The zero-order valence-corrected chi connectivity index (χ0v) is 24.0. The predicted octanol–water partition coefficient (Wildman–Crippen LogP) is -5.01. The third-order valence-electron chi connectivity index (χ3n) is 6.29. The van der Waals surface area contributed by atoms with Crippen LogP contribution in [-0.2, 0) is 19.2 Å². The predicted molar refractivity (Wildman–Crippen MR) is 120 cm³/mol. The van der Waals surface area contributed by atoms with E-state index in [4.69, 9.17) is 0 Å². The third kappa shape index (κ3) is 10.8. The summed E-state index contributed by atoms with van der Waals surface area (Å²) >= 11 is 0. The normalized spacial score (nSPS) is 20.9. The van der Waals surface area contributed by atoms with Crippen molar-refractivity contribution in [3.05, 3.63) is 0 Å². The van der Waals surface area contributed by atoms with Gasteiger partial charge in [-0.15, -0.1) is 0 Å². The number of carboxylic acids is 4. The third-order valence-corrected chi connectivity index (χ3v) is 6.29. The Kier molecular flexibility index (Phi) is 17.5. The molecule has 4 unspecified atom stereocenters. The fraction of sp³-hybridized carbons (Fsp3) is 0.800. The van der Waals surface area contributed by atoms with Crippen molar-refractivity contribution in [1.82, 2.24) is 19.6 Å². The molecule has 0 aromatic carbocycles. The molecule has 1 heterocycles. The van der Waals surface area contributed by atoms with E-state index in [2.05, 4.69) is 0 Å². The maximum Gasteiger partial charge on any atom is 0.323 e. The topological polar surface area (TPSA) is 243 Å². The van der Waals surface area contributed by atoms with Crippen molar-refractivity contribution in [2.45, 2.75) is 24.2 Å². The maximum atomic E-state index is 11.7. The molecule has 1 aliphatic rings. The van der Waals surface area contributed by atoms with Crippen LogP contribution in [0.5, 0.6) is 0 Å². The Labute approximate surface area is 241 Å². The van der Waals surface area contributed by atoms with Crippen LogP contribution >= 0.6 is 0 Å². The molecule has 17 heteroatoms. The van der Waals surface area contributed by atoms with Gasteiger partial charge in [0.2, 0.25) is 0 Å². The number of aliphatic hydroxyl groups is 4. The van der Waals surface area contributed by atoms with Gasteiger partial charge < -0.3 is 40.9 Å². The second-order valence-corrected chi connectivity index (χ2v) is 8.29. The van der Waals surface area contributed by atoms with Crippen molar-refractivity contribution >= 4 is 23.9 Å². The Bertz CT molecular complexity index is 612. The SMILES string of the molecule is O=C(O)C(CO)N1CCN(C(CO)C(=O)O)CCN(C(CO)C(=O)O)CCN(C(CO)C(=O)O)CC1.[La]. The molecule has 1 aliphatic heterocycles. The van der Waals surface area contributed by atoms with Gasteiger partial charge in [0.05, 0.1) is 26.4 Å². The van der Waals surface area contributed by atoms with Crippen molar-refractivity contribution in [2.75, 3.05) is 78.8 Å². The van der Waals surface area contributed by atoms with Crippen LogP contribution in [0.15, 0.2) is 0 Å². The average molecular weight is 663 g/mol. The second-order valence-electron chi connectivity index (χ2n) is 8.29. The van der Waals surface area contributed by atoms with Gasteiger partial charge in [-0.1, -0.05) is 0 Å². The van der Waals surface area contributed by atoms with E-state index in [0.29, 0.717) is 0 Å². The minimum absolute atomic E-state index is 0. The van der Waals surface area contributed by atoms with Gasteiger partial charge in [-0.3, -0.25) is 38.8 Å². The fourth-order valence-corrected chi connectivity index (χ4v) is 4.12. The van der Waals surface area contributed by atoms with Gasteiger partial charge >= 0.3 is 23.9 Å². The number of hydrogen-bond acceptors (Lipinski definition) is 12. The summed E-state index contributed by atoms with van der Waals surface area (Å²) in [6.45, 7) is -3.80. The van der Waals surface area contributed by atoms with Crippen LogP contribution in [-0.4, -0.2) is 187 Å². The number of hydrogen-bond donors (Lipinski definition) is 8. The van der Waals surface area contributed by atoms with Gasteiger partial charge in [0, 0.05) is 88.0 Å². The van der Waals surface area contributed by atoms with Crippen LogP contribution in [0.2, 0.25) is 0 Å². The van der Waals surface area contributed by atoms with Crippen molar-refractivity contribution in [2.24, 2.45) is 0 Å². The van der Waals surface area contributed by atoms with Gasteiger partial charge in [0.1, 0.15) is 24.2 Å². The standard InChI is InChI=1S/C20H36N4O12.La/c25-9-13(17(29)30)21-1-2-22(14(10-26)18(31)32)5-6-24(16(12-28)20(35)36)8-7-23(4-3-21)15(11-27)19(33)34;/h13-16,25-28H,1-12H2,(H,29,30)(H,31,32)(H,33,34)(H,35,36);. The molecule has 1 fully saturated rings. The van der Waals surface area contributed by atoms with Crippen molar-refractivity contribution in [3.63, 3.8) is 0 Å². The number of nitrogens with zero attached hydrogens (tertiary/aromatic N) is 4. The van der Waals surface area contributed by atoms with E-state index in [1.165, 1.54) is 19.6 Å². The molecule has 1 saturated heterocycles. The van der Waals surface area contributed by atoms with E-state index >= 15 is 0 Å². The molecule has 0 bridgehead atoms. The Morgan fingerprint density at radius 2 is 0.568 bits per heavy atom. The van der Waals surface area contributed by atoms with E-state index in [1.54, 1.807) is 0 Å². The number of carbonyl (C=O) groups is 4. The molecule has 37 heavy (non-hydrogen) atoms. The Morgan fingerprint density at radius 1 is 0.432 bits per heavy atom. The van der Waals surface area contributed by atoms with Gasteiger partial charge in [0.15, 0.2) is 0 Å². The number of carboxylic acid groups (broad SMARTS) is 4. The monoisotopic (exact) mass is 663 g/mol. The summed E-state index contributed by atoms with van der Waals surface area (Å²) in [6, 6.07) is -5.52. The van der Waals surface area contributed by atoms with E-state index in [-0.39, 0.29) is 88.0 Å². The summed E-state index contributed by atoms with van der Waals surface area (Å²) in [6.07, 6.45) is 0. The summed E-state index contributed by atoms with van der Waals surface area (Å²) in [4.78, 5) is 52.1. The minimum atomic E-state index is -1.38. The zero-order chi connectivity index (χ0) is 27.4. The van der Waals surface area contributed by atoms with Gasteiger partial charge in [-0.25, -0.2) is 0 Å². The van der Waals surface area contributed by atoms with E-state index < -0.39 is 74.5 Å². The molecule has 4 atom stereocenters. The molecule has 1 rings (SSSR count). The number of rotatable bonds is 12. The molecule has 8 N–H and O–H groups in total. The summed E-state index contributed by atoms with van der Waals surface area (Å²) in [5.41, 5.74) is 0. The summed E-state index contributed by atoms with van der Waals surface area (Å²) in [5.74, 6) is -5.41. The molecule has 0 spiro atoms. The minimum Gasteiger partial charge on any atom is -0.480 e. The smallest absolute Gasteiger partial charge is 0.323 e. The van der Waals surface area contributed by atoms with E-state index in [1.807, 2.05) is 0 Å². The van der Waals surface area contributed by atoms with Crippen LogP contribution in [0.3, 0.4) is 0 Å². The molecule has 0 aromatic heterocycles. The zero-order valence-electron chi connectivity index (χ0n) is 20.4. The van der Waals surface area contributed by atoms with Crippen molar-refractivity contribution in [3.8, 4) is 0 Å². The van der Waals surface area contributed by atoms with E-state index in [9.17, 15) is 60.0 Å². The van der Waals surface area contributed by atoms with Crippen LogP contribution in [0.25, 0.3) is 0 Å². The first-order valence-corrected chi connectivity index (χ1v) is 11.3. The van der Waals surface area contributed by atoms with Crippen molar-refractivity contribution in [1.29, 1.82) is 0 Å².